The Labute approximate surface area is 102 Å². The van der Waals surface area contributed by atoms with Crippen molar-refractivity contribution in [3.63, 3.8) is 0 Å². The van der Waals surface area contributed by atoms with E-state index in [1.165, 1.54) is 4.90 Å². The van der Waals surface area contributed by atoms with Crippen LogP contribution in [0.4, 0.5) is 0 Å². The number of carbonyl (C=O) groups is 2. The summed E-state index contributed by atoms with van der Waals surface area (Å²) < 4.78 is 9.66. The number of hydrogen-bond acceptors (Lipinski definition) is 6. The van der Waals surface area contributed by atoms with Gasteiger partial charge in [0.25, 0.3) is 5.91 Å². The zero-order valence-electron chi connectivity index (χ0n) is 9.40. The van der Waals surface area contributed by atoms with Crippen molar-refractivity contribution in [2.75, 3.05) is 26.4 Å². The van der Waals surface area contributed by atoms with Crippen molar-refractivity contribution in [3.05, 3.63) is 17.5 Å². The molecule has 1 amide bonds. The summed E-state index contributed by atoms with van der Waals surface area (Å²) in [5.41, 5.74) is -0.0900. The zero-order chi connectivity index (χ0) is 13.1. The third-order valence-corrected chi connectivity index (χ3v) is 2.64. The lowest BCUT2D eigenvalue weighted by atomic mass is 10.2. The fourth-order valence-corrected chi connectivity index (χ4v) is 1.70. The van der Waals surface area contributed by atoms with Crippen LogP contribution >= 0.6 is 0 Å². The Kier molecular flexibility index (Phi) is 3.58. The Morgan fingerprint density at radius 2 is 2.33 bits per heavy atom. The Balaban J connectivity index is 2.15. The Morgan fingerprint density at radius 1 is 1.56 bits per heavy atom. The first kappa shape index (κ1) is 12.5. The molecule has 98 valence electrons. The van der Waals surface area contributed by atoms with Crippen molar-refractivity contribution in [2.45, 2.75) is 6.04 Å². The molecule has 2 N–H and O–H groups in total. The number of amides is 1. The molecule has 0 radical (unpaired) electrons. The topological polar surface area (TPSA) is 113 Å². The minimum atomic E-state index is -1.29. The van der Waals surface area contributed by atoms with Gasteiger partial charge in [-0.3, -0.25) is 4.79 Å². The summed E-state index contributed by atoms with van der Waals surface area (Å²) in [5.74, 6) is -2.16. The second-order valence-corrected chi connectivity index (χ2v) is 3.79. The summed E-state index contributed by atoms with van der Waals surface area (Å²) in [4.78, 5) is 24.1. The van der Waals surface area contributed by atoms with Crippen LogP contribution in [0, 0.1) is 0 Å². The Hall–Kier alpha value is -1.93. The molecule has 1 aliphatic heterocycles. The van der Waals surface area contributed by atoms with Crippen molar-refractivity contribution in [2.24, 2.45) is 0 Å². The maximum atomic E-state index is 12.0. The largest absolute Gasteiger partial charge is 0.475 e. The molecule has 1 saturated heterocycles. The van der Waals surface area contributed by atoms with Crippen molar-refractivity contribution < 1.29 is 29.1 Å². The predicted octanol–water partition coefficient (Wildman–Crippen LogP) is -0.794. The lowest BCUT2D eigenvalue weighted by molar-refractivity contribution is -0.0188. The fraction of sp³-hybridized carbons (Fsp3) is 0.500. The van der Waals surface area contributed by atoms with Crippen LogP contribution in [0.25, 0.3) is 0 Å². The highest BCUT2D eigenvalue weighted by Gasteiger charge is 2.30. The number of morpholine rings is 1. The third kappa shape index (κ3) is 2.34. The second-order valence-electron chi connectivity index (χ2n) is 3.79. The van der Waals surface area contributed by atoms with Gasteiger partial charge in [-0.05, 0) is 0 Å². The van der Waals surface area contributed by atoms with Crippen LogP contribution in [0.15, 0.2) is 10.6 Å². The number of aromatic nitrogens is 1. The lowest BCUT2D eigenvalue weighted by Crippen LogP contribution is -2.50. The van der Waals surface area contributed by atoms with Gasteiger partial charge in [-0.15, -0.1) is 0 Å². The number of carbonyl (C=O) groups excluding carboxylic acids is 1. The van der Waals surface area contributed by atoms with Gasteiger partial charge in [0.1, 0.15) is 0 Å². The molecule has 0 aromatic carbocycles. The van der Waals surface area contributed by atoms with Crippen LogP contribution in [0.5, 0.6) is 0 Å². The molecule has 1 atom stereocenters. The maximum absolute atomic E-state index is 12.0. The summed E-state index contributed by atoms with van der Waals surface area (Å²) >= 11 is 0. The first-order valence-corrected chi connectivity index (χ1v) is 5.33. The lowest BCUT2D eigenvalue weighted by Gasteiger charge is -2.33. The molecule has 8 heteroatoms. The fourth-order valence-electron chi connectivity index (χ4n) is 1.70. The van der Waals surface area contributed by atoms with Crippen LogP contribution in [0.3, 0.4) is 0 Å². The normalized spacial score (nSPS) is 19.8. The second kappa shape index (κ2) is 5.15. The van der Waals surface area contributed by atoms with Crippen LogP contribution in [0.2, 0.25) is 0 Å². The first-order valence-electron chi connectivity index (χ1n) is 5.33. The molecule has 2 heterocycles. The van der Waals surface area contributed by atoms with Gasteiger partial charge in [-0.1, -0.05) is 5.16 Å². The highest BCUT2D eigenvalue weighted by Crippen LogP contribution is 2.12. The van der Waals surface area contributed by atoms with Crippen LogP contribution in [-0.2, 0) is 4.74 Å². The number of aliphatic hydroxyl groups is 1. The van der Waals surface area contributed by atoms with Crippen molar-refractivity contribution in [3.8, 4) is 0 Å². The molecule has 0 bridgehead atoms. The van der Waals surface area contributed by atoms with E-state index in [0.29, 0.717) is 13.2 Å². The number of ether oxygens (including phenoxy) is 1. The average Bonchev–Trinajstić information content (AvgIpc) is 2.87. The molecule has 1 aliphatic rings. The summed E-state index contributed by atoms with van der Waals surface area (Å²) in [6.45, 7) is 0.701. The maximum Gasteiger partial charge on any atom is 0.374 e. The number of hydrogen-bond donors (Lipinski definition) is 2. The van der Waals surface area contributed by atoms with Gasteiger partial charge in [-0.25, -0.2) is 4.79 Å². The highest BCUT2D eigenvalue weighted by molar-refractivity contribution is 5.95. The zero-order valence-corrected chi connectivity index (χ0v) is 9.40. The number of rotatable bonds is 3. The number of nitrogens with zero attached hydrogens (tertiary/aromatic N) is 2. The minimum absolute atomic E-state index is 0.0900. The van der Waals surface area contributed by atoms with Crippen LogP contribution < -0.4 is 0 Å². The van der Waals surface area contributed by atoms with Gasteiger partial charge in [0, 0.05) is 12.6 Å². The molecule has 0 spiro atoms. The smallest absolute Gasteiger partial charge is 0.374 e. The van der Waals surface area contributed by atoms with E-state index in [9.17, 15) is 9.59 Å². The summed E-state index contributed by atoms with van der Waals surface area (Å²) in [6.07, 6.45) is 0. The molecule has 2 rings (SSSR count). The average molecular weight is 256 g/mol. The van der Waals surface area contributed by atoms with Gasteiger partial charge >= 0.3 is 5.97 Å². The molecule has 8 nitrogen and oxygen atoms in total. The van der Waals surface area contributed by atoms with Gasteiger partial charge in [0.15, 0.2) is 5.69 Å². The van der Waals surface area contributed by atoms with Gasteiger partial charge < -0.3 is 24.4 Å². The number of aromatic carboxylic acids is 1. The Bertz CT molecular complexity index is 457. The van der Waals surface area contributed by atoms with E-state index in [2.05, 4.69) is 9.68 Å². The molecular formula is C10H12N2O6. The molecular weight excluding hydrogens is 244 g/mol. The van der Waals surface area contributed by atoms with E-state index in [0.717, 1.165) is 6.07 Å². The van der Waals surface area contributed by atoms with Gasteiger partial charge in [0.05, 0.1) is 25.9 Å². The van der Waals surface area contributed by atoms with E-state index in [4.69, 9.17) is 14.9 Å². The van der Waals surface area contributed by atoms with Crippen molar-refractivity contribution in [1.29, 1.82) is 0 Å². The summed E-state index contributed by atoms with van der Waals surface area (Å²) in [5, 5.41) is 21.2. The molecule has 1 unspecified atom stereocenters. The summed E-state index contributed by atoms with van der Waals surface area (Å²) in [6, 6.07) is 0.616. The van der Waals surface area contributed by atoms with E-state index in [1.807, 2.05) is 0 Å². The third-order valence-electron chi connectivity index (χ3n) is 2.64. The number of carboxylic acid groups (broad SMARTS) is 1. The van der Waals surface area contributed by atoms with Crippen LogP contribution in [0.1, 0.15) is 21.0 Å². The van der Waals surface area contributed by atoms with Crippen molar-refractivity contribution >= 4 is 11.9 Å². The molecule has 1 aromatic heterocycles. The van der Waals surface area contributed by atoms with Crippen LogP contribution in [-0.4, -0.2) is 64.6 Å². The number of carboxylic acids is 1. The quantitative estimate of drug-likeness (QED) is 0.728. The standard InChI is InChI=1S/C10H12N2O6/c13-4-6-5-17-2-1-12(6)9(14)7-3-8(10(15)16)18-11-7/h3,6,13H,1-2,4-5H2,(H,15,16). The minimum Gasteiger partial charge on any atom is -0.475 e. The predicted molar refractivity (Wildman–Crippen MR) is 56.2 cm³/mol. The Morgan fingerprint density at radius 3 is 2.94 bits per heavy atom. The van der Waals surface area contributed by atoms with E-state index >= 15 is 0 Å². The summed E-state index contributed by atoms with van der Waals surface area (Å²) in [7, 11) is 0. The van der Waals surface area contributed by atoms with Gasteiger partial charge in [-0.2, -0.15) is 0 Å². The van der Waals surface area contributed by atoms with E-state index in [1.54, 1.807) is 0 Å². The molecule has 18 heavy (non-hydrogen) atoms. The van der Waals surface area contributed by atoms with E-state index < -0.39 is 23.7 Å². The molecule has 1 fully saturated rings. The molecule has 0 saturated carbocycles. The highest BCUT2D eigenvalue weighted by atomic mass is 16.5. The molecule has 0 aliphatic carbocycles. The van der Waals surface area contributed by atoms with E-state index in [-0.39, 0.29) is 18.9 Å². The first-order chi connectivity index (χ1) is 8.63. The van der Waals surface area contributed by atoms with Gasteiger partial charge in [0.2, 0.25) is 5.76 Å². The van der Waals surface area contributed by atoms with Crippen molar-refractivity contribution in [1.82, 2.24) is 10.1 Å². The number of aliphatic hydroxyl groups excluding tert-OH is 1. The SMILES string of the molecule is O=C(O)c1cc(C(=O)N2CCOCC2CO)no1. The molecule has 1 aromatic rings. The monoisotopic (exact) mass is 256 g/mol.